The fraction of sp³-hybridized carbons (Fsp3) is 0.0455. The molecule has 3 aromatic carbocycles. The number of aliphatic carboxylic acids is 1. The minimum Gasteiger partial charge on any atom is -0.479 e. The zero-order chi connectivity index (χ0) is 17.7. The van der Waals surface area contributed by atoms with Crippen LogP contribution in [0.1, 0.15) is 11.1 Å². The van der Waals surface area contributed by atoms with Crippen LogP contribution in [0.15, 0.2) is 72.8 Å². The highest BCUT2D eigenvalue weighted by molar-refractivity contribution is 7.26. The molecule has 3 nitrogen and oxygen atoms in total. The Hall–Kier alpha value is -3.11. The molecule has 1 aliphatic rings. The number of thiophene rings is 1. The smallest absolute Gasteiger partial charge is 0.338 e. The van der Waals surface area contributed by atoms with Gasteiger partial charge in [0.25, 0.3) is 0 Å². The molecule has 2 heterocycles. The second-order valence-corrected chi connectivity index (χ2v) is 7.49. The Morgan fingerprint density at radius 2 is 1.69 bits per heavy atom. The third kappa shape index (κ3) is 2.02. The van der Waals surface area contributed by atoms with E-state index < -0.39 is 11.5 Å². The van der Waals surface area contributed by atoms with Crippen LogP contribution in [0.25, 0.3) is 26.2 Å². The van der Waals surface area contributed by atoms with Crippen LogP contribution in [0.4, 0.5) is 5.69 Å². The minimum atomic E-state index is -1.28. The van der Waals surface area contributed by atoms with E-state index in [1.807, 2.05) is 54.6 Å². The van der Waals surface area contributed by atoms with Gasteiger partial charge in [-0.3, -0.25) is 0 Å². The minimum absolute atomic E-state index is 0.773. The van der Waals surface area contributed by atoms with Crippen molar-refractivity contribution in [2.24, 2.45) is 0 Å². The number of para-hydroxylation sites is 1. The second-order valence-electron chi connectivity index (χ2n) is 6.44. The number of carboxylic acid groups (broad SMARTS) is 1. The summed E-state index contributed by atoms with van der Waals surface area (Å²) in [6, 6.07) is 21.9. The first-order valence-corrected chi connectivity index (χ1v) is 9.21. The third-order valence-electron chi connectivity index (χ3n) is 4.97. The van der Waals surface area contributed by atoms with Crippen LogP contribution in [0.5, 0.6) is 0 Å². The summed E-state index contributed by atoms with van der Waals surface area (Å²) in [4.78, 5) is 12.4. The fourth-order valence-electron chi connectivity index (χ4n) is 3.68. The molecule has 126 valence electrons. The van der Waals surface area contributed by atoms with Gasteiger partial charge >= 0.3 is 5.97 Å². The van der Waals surface area contributed by atoms with E-state index >= 15 is 0 Å². The Bertz CT molecular complexity index is 1210. The average Bonchev–Trinajstić information content (AvgIpc) is 3.06. The molecule has 0 saturated heterocycles. The average molecular weight is 357 g/mol. The van der Waals surface area contributed by atoms with Crippen molar-refractivity contribution in [3.05, 3.63) is 83.9 Å². The maximum atomic E-state index is 12.4. The van der Waals surface area contributed by atoms with Crippen LogP contribution in [0.2, 0.25) is 0 Å². The molecule has 0 amide bonds. The first kappa shape index (κ1) is 15.2. The van der Waals surface area contributed by atoms with Crippen LogP contribution in [0, 0.1) is 0 Å². The van der Waals surface area contributed by atoms with Gasteiger partial charge < -0.3 is 10.4 Å². The monoisotopic (exact) mass is 357 g/mol. The van der Waals surface area contributed by atoms with Gasteiger partial charge in [-0.2, -0.15) is 0 Å². The molecule has 2 N–H and O–H groups in total. The van der Waals surface area contributed by atoms with Gasteiger partial charge in [0.2, 0.25) is 0 Å². The lowest BCUT2D eigenvalue weighted by molar-refractivity contribution is -0.140. The quantitative estimate of drug-likeness (QED) is 0.500. The highest BCUT2D eigenvalue weighted by Crippen LogP contribution is 2.43. The van der Waals surface area contributed by atoms with Gasteiger partial charge in [-0.05, 0) is 23.8 Å². The number of carboxylic acids is 1. The zero-order valence-corrected chi connectivity index (χ0v) is 14.6. The van der Waals surface area contributed by atoms with Crippen molar-refractivity contribution in [1.29, 1.82) is 0 Å². The van der Waals surface area contributed by atoms with Crippen molar-refractivity contribution in [3.63, 3.8) is 0 Å². The SMILES string of the molecule is O=C(O)C1(c2cccc3c2sc2ccccc23)C=Cc2ccccc2N1. The Balaban J connectivity index is 1.81. The predicted octanol–water partition coefficient (Wildman–Crippen LogP) is 5.47. The summed E-state index contributed by atoms with van der Waals surface area (Å²) in [5.41, 5.74) is 1.31. The molecule has 0 radical (unpaired) electrons. The van der Waals surface area contributed by atoms with Crippen molar-refractivity contribution < 1.29 is 9.90 Å². The second kappa shape index (κ2) is 5.44. The Morgan fingerprint density at radius 3 is 2.58 bits per heavy atom. The number of nitrogens with one attached hydrogen (secondary N) is 1. The number of carbonyl (C=O) groups is 1. The van der Waals surface area contributed by atoms with Crippen molar-refractivity contribution >= 4 is 49.2 Å². The Labute approximate surface area is 154 Å². The molecule has 1 unspecified atom stereocenters. The number of benzene rings is 3. The highest BCUT2D eigenvalue weighted by Gasteiger charge is 2.41. The van der Waals surface area contributed by atoms with Gasteiger partial charge in [0, 0.05) is 31.4 Å². The number of anilines is 1. The topological polar surface area (TPSA) is 49.3 Å². The van der Waals surface area contributed by atoms with E-state index in [9.17, 15) is 9.90 Å². The molecular weight excluding hydrogens is 342 g/mol. The first-order chi connectivity index (χ1) is 12.7. The van der Waals surface area contributed by atoms with Gasteiger partial charge in [0.05, 0.1) is 0 Å². The van der Waals surface area contributed by atoms with E-state index in [-0.39, 0.29) is 0 Å². The Kier molecular flexibility index (Phi) is 3.18. The number of hydrogen-bond acceptors (Lipinski definition) is 3. The summed E-state index contributed by atoms with van der Waals surface area (Å²) < 4.78 is 2.17. The molecule has 4 aromatic rings. The van der Waals surface area contributed by atoms with E-state index in [0.29, 0.717) is 0 Å². The van der Waals surface area contributed by atoms with Gasteiger partial charge in [-0.1, -0.05) is 60.7 Å². The van der Waals surface area contributed by atoms with Crippen molar-refractivity contribution in [3.8, 4) is 0 Å². The maximum Gasteiger partial charge on any atom is 0.338 e. The van der Waals surface area contributed by atoms with E-state index in [1.54, 1.807) is 17.4 Å². The molecule has 5 rings (SSSR count). The summed E-state index contributed by atoms with van der Waals surface area (Å²) in [5, 5.41) is 15.7. The molecule has 26 heavy (non-hydrogen) atoms. The number of hydrogen-bond donors (Lipinski definition) is 2. The molecule has 0 fully saturated rings. The van der Waals surface area contributed by atoms with Gasteiger partial charge in [0.15, 0.2) is 5.54 Å². The molecule has 0 aliphatic carbocycles. The summed E-state index contributed by atoms with van der Waals surface area (Å²) in [5.74, 6) is -0.909. The highest BCUT2D eigenvalue weighted by atomic mass is 32.1. The molecular formula is C22H15NO2S. The lowest BCUT2D eigenvalue weighted by atomic mass is 9.85. The lowest BCUT2D eigenvalue weighted by Gasteiger charge is -2.33. The van der Waals surface area contributed by atoms with Crippen LogP contribution in [0.3, 0.4) is 0 Å². The summed E-state index contributed by atoms with van der Waals surface area (Å²) >= 11 is 1.64. The summed E-state index contributed by atoms with van der Waals surface area (Å²) in [6.07, 6.45) is 3.66. The van der Waals surface area contributed by atoms with E-state index in [0.717, 1.165) is 37.0 Å². The van der Waals surface area contributed by atoms with Crippen molar-refractivity contribution in [2.75, 3.05) is 5.32 Å². The van der Waals surface area contributed by atoms with Crippen LogP contribution >= 0.6 is 11.3 Å². The van der Waals surface area contributed by atoms with Crippen LogP contribution in [-0.2, 0) is 10.3 Å². The van der Waals surface area contributed by atoms with E-state index in [4.69, 9.17) is 0 Å². The summed E-state index contributed by atoms with van der Waals surface area (Å²) in [7, 11) is 0. The van der Waals surface area contributed by atoms with Gasteiger partial charge in [-0.25, -0.2) is 4.79 Å². The van der Waals surface area contributed by atoms with Gasteiger partial charge in [-0.15, -0.1) is 11.3 Å². The molecule has 4 heteroatoms. The van der Waals surface area contributed by atoms with E-state index in [2.05, 4.69) is 23.5 Å². The molecule has 0 bridgehead atoms. The molecule has 0 spiro atoms. The van der Waals surface area contributed by atoms with Crippen molar-refractivity contribution in [2.45, 2.75) is 5.54 Å². The molecule has 0 saturated carbocycles. The fourth-order valence-corrected chi connectivity index (χ4v) is 4.96. The molecule has 1 atom stereocenters. The predicted molar refractivity (Wildman–Crippen MR) is 108 cm³/mol. The van der Waals surface area contributed by atoms with Crippen molar-refractivity contribution in [1.82, 2.24) is 0 Å². The van der Waals surface area contributed by atoms with E-state index in [1.165, 1.54) is 0 Å². The lowest BCUT2D eigenvalue weighted by Crippen LogP contribution is -2.43. The summed E-state index contributed by atoms with van der Waals surface area (Å²) in [6.45, 7) is 0. The molecule has 1 aliphatic heterocycles. The van der Waals surface area contributed by atoms with Gasteiger partial charge in [0.1, 0.15) is 0 Å². The largest absolute Gasteiger partial charge is 0.479 e. The third-order valence-corrected chi connectivity index (χ3v) is 6.19. The number of rotatable bonds is 2. The van der Waals surface area contributed by atoms with Crippen LogP contribution in [-0.4, -0.2) is 11.1 Å². The standard InChI is InChI=1S/C22H15NO2S/c24-21(25)22(13-12-14-6-1-3-10-18(14)23-22)17-9-5-8-16-15-7-2-4-11-19(15)26-20(16)17/h1-13,23H,(H,24,25). The zero-order valence-electron chi connectivity index (χ0n) is 13.8. The van der Waals surface area contributed by atoms with Crippen LogP contribution < -0.4 is 5.32 Å². The normalized spacial score (nSPS) is 18.6. The Morgan fingerprint density at radius 1 is 0.923 bits per heavy atom. The molecule has 1 aromatic heterocycles. The maximum absolute atomic E-state index is 12.4. The number of fused-ring (bicyclic) bond motifs is 4. The first-order valence-electron chi connectivity index (χ1n) is 8.40.